The topological polar surface area (TPSA) is 32.9 Å². The molecule has 0 amide bonds. The molecule has 3 rings (SSSR count). The average Bonchev–Trinajstić information content (AvgIpc) is 2.34. The summed E-state index contributed by atoms with van der Waals surface area (Å²) in [4.78, 5) is 14.7. The van der Waals surface area contributed by atoms with Gasteiger partial charge in [0.05, 0.1) is 10.5 Å². The molecule has 84 valence electrons. The standard InChI is InChI=1S/C13H7BrClNO/c14-9-5-6-10-11(12(9)15)7-3-1-2-4-8(7)13(17)16-10/h1-6H,(H,16,17). The second kappa shape index (κ2) is 3.86. The van der Waals surface area contributed by atoms with Crippen LogP contribution in [0, 0.1) is 0 Å². The van der Waals surface area contributed by atoms with Crippen LogP contribution in [0.15, 0.2) is 45.7 Å². The van der Waals surface area contributed by atoms with Crippen molar-refractivity contribution in [2.45, 2.75) is 0 Å². The highest BCUT2D eigenvalue weighted by Gasteiger charge is 2.09. The highest BCUT2D eigenvalue weighted by Crippen LogP contribution is 2.33. The summed E-state index contributed by atoms with van der Waals surface area (Å²) in [5.41, 5.74) is 0.661. The summed E-state index contributed by atoms with van der Waals surface area (Å²) < 4.78 is 0.823. The molecule has 0 aliphatic rings. The Morgan fingerprint density at radius 1 is 1.06 bits per heavy atom. The van der Waals surface area contributed by atoms with E-state index < -0.39 is 0 Å². The largest absolute Gasteiger partial charge is 0.321 e. The SMILES string of the molecule is O=c1[nH]c2ccc(Br)c(Cl)c2c2ccccc12. The number of benzene rings is 2. The summed E-state index contributed by atoms with van der Waals surface area (Å²) in [7, 11) is 0. The van der Waals surface area contributed by atoms with Crippen molar-refractivity contribution in [3.63, 3.8) is 0 Å². The van der Waals surface area contributed by atoms with E-state index in [4.69, 9.17) is 11.6 Å². The van der Waals surface area contributed by atoms with E-state index in [0.717, 1.165) is 20.8 Å². The maximum absolute atomic E-state index is 11.9. The fourth-order valence-corrected chi connectivity index (χ4v) is 2.60. The monoisotopic (exact) mass is 307 g/mol. The second-order valence-corrected chi connectivity index (χ2v) is 5.02. The highest BCUT2D eigenvalue weighted by molar-refractivity contribution is 9.10. The molecule has 0 unspecified atom stereocenters. The lowest BCUT2D eigenvalue weighted by Gasteiger charge is -2.06. The Morgan fingerprint density at radius 2 is 1.76 bits per heavy atom. The molecule has 1 aromatic heterocycles. The first-order valence-electron chi connectivity index (χ1n) is 5.07. The minimum absolute atomic E-state index is 0.0912. The van der Waals surface area contributed by atoms with Gasteiger partial charge in [-0.3, -0.25) is 4.79 Å². The predicted molar refractivity (Wildman–Crippen MR) is 74.8 cm³/mol. The Bertz CT molecular complexity index is 794. The van der Waals surface area contributed by atoms with Gasteiger partial charge in [0.25, 0.3) is 5.56 Å². The van der Waals surface area contributed by atoms with E-state index in [1.54, 1.807) is 6.07 Å². The quantitative estimate of drug-likeness (QED) is 0.623. The summed E-state index contributed by atoms with van der Waals surface area (Å²) >= 11 is 9.69. The molecule has 3 aromatic rings. The molecular weight excluding hydrogens is 302 g/mol. The third-order valence-electron chi connectivity index (χ3n) is 2.78. The number of halogens is 2. The molecule has 0 radical (unpaired) electrons. The minimum Gasteiger partial charge on any atom is -0.321 e. The zero-order valence-electron chi connectivity index (χ0n) is 8.63. The molecule has 0 bridgehead atoms. The Kier molecular flexibility index (Phi) is 2.45. The lowest BCUT2D eigenvalue weighted by molar-refractivity contribution is 1.34. The lowest BCUT2D eigenvalue weighted by Crippen LogP contribution is -2.06. The summed E-state index contributed by atoms with van der Waals surface area (Å²) in [5.74, 6) is 0. The van der Waals surface area contributed by atoms with Gasteiger partial charge in [0.15, 0.2) is 0 Å². The van der Waals surface area contributed by atoms with Gasteiger partial charge in [0, 0.05) is 15.2 Å². The average molecular weight is 309 g/mol. The van der Waals surface area contributed by atoms with Crippen LogP contribution in [0.25, 0.3) is 21.7 Å². The molecule has 0 saturated carbocycles. The van der Waals surface area contributed by atoms with Gasteiger partial charge in [0.1, 0.15) is 0 Å². The van der Waals surface area contributed by atoms with E-state index in [1.807, 2.05) is 30.3 Å². The van der Waals surface area contributed by atoms with E-state index in [9.17, 15) is 4.79 Å². The predicted octanol–water partition coefficient (Wildman–Crippen LogP) is 4.10. The van der Waals surface area contributed by atoms with Crippen molar-refractivity contribution in [3.05, 3.63) is 56.2 Å². The number of nitrogens with one attached hydrogen (secondary N) is 1. The highest BCUT2D eigenvalue weighted by atomic mass is 79.9. The minimum atomic E-state index is -0.0912. The Hall–Kier alpha value is -1.32. The van der Waals surface area contributed by atoms with E-state index in [1.165, 1.54) is 0 Å². The Balaban J connectivity index is 2.71. The van der Waals surface area contributed by atoms with E-state index in [2.05, 4.69) is 20.9 Å². The molecule has 0 spiro atoms. The number of hydrogen-bond donors (Lipinski definition) is 1. The Morgan fingerprint density at radius 3 is 2.53 bits per heavy atom. The van der Waals surface area contributed by atoms with Crippen LogP contribution in [-0.2, 0) is 0 Å². The molecule has 1 N–H and O–H groups in total. The van der Waals surface area contributed by atoms with Crippen molar-refractivity contribution >= 4 is 49.2 Å². The fourth-order valence-electron chi connectivity index (χ4n) is 2.01. The number of rotatable bonds is 0. The summed E-state index contributed by atoms with van der Waals surface area (Å²) in [6.45, 7) is 0. The van der Waals surface area contributed by atoms with Crippen LogP contribution in [0.3, 0.4) is 0 Å². The number of pyridine rings is 1. The lowest BCUT2D eigenvalue weighted by atomic mass is 10.1. The molecule has 2 nitrogen and oxygen atoms in total. The van der Waals surface area contributed by atoms with Crippen LogP contribution in [0.5, 0.6) is 0 Å². The van der Waals surface area contributed by atoms with Crippen molar-refractivity contribution in [2.75, 3.05) is 0 Å². The molecule has 2 aromatic carbocycles. The van der Waals surface area contributed by atoms with Crippen molar-refractivity contribution in [1.82, 2.24) is 4.98 Å². The zero-order valence-corrected chi connectivity index (χ0v) is 11.0. The van der Waals surface area contributed by atoms with Crippen LogP contribution in [0.2, 0.25) is 5.02 Å². The van der Waals surface area contributed by atoms with Gasteiger partial charge in [-0.15, -0.1) is 0 Å². The third kappa shape index (κ3) is 1.58. The van der Waals surface area contributed by atoms with Crippen molar-refractivity contribution in [2.24, 2.45) is 0 Å². The van der Waals surface area contributed by atoms with Crippen molar-refractivity contribution < 1.29 is 0 Å². The molecular formula is C13H7BrClNO. The normalized spacial score (nSPS) is 11.2. The van der Waals surface area contributed by atoms with Crippen LogP contribution < -0.4 is 5.56 Å². The number of aromatic amines is 1. The van der Waals surface area contributed by atoms with Crippen molar-refractivity contribution in [1.29, 1.82) is 0 Å². The molecule has 0 aliphatic heterocycles. The molecule has 0 fully saturated rings. The molecule has 1 heterocycles. The number of hydrogen-bond acceptors (Lipinski definition) is 1. The maximum Gasteiger partial charge on any atom is 0.256 e. The fraction of sp³-hybridized carbons (Fsp3) is 0. The summed E-state index contributed by atoms with van der Waals surface area (Å²) in [6.07, 6.45) is 0. The van der Waals surface area contributed by atoms with Gasteiger partial charge in [-0.1, -0.05) is 29.8 Å². The van der Waals surface area contributed by atoms with E-state index in [-0.39, 0.29) is 5.56 Å². The van der Waals surface area contributed by atoms with Gasteiger partial charge >= 0.3 is 0 Å². The molecule has 0 saturated heterocycles. The number of fused-ring (bicyclic) bond motifs is 3. The Labute approximate surface area is 110 Å². The van der Waals surface area contributed by atoms with Crippen LogP contribution in [0.4, 0.5) is 0 Å². The third-order valence-corrected chi connectivity index (χ3v) is 4.07. The van der Waals surface area contributed by atoms with Gasteiger partial charge in [-0.05, 0) is 39.5 Å². The second-order valence-electron chi connectivity index (χ2n) is 3.78. The van der Waals surface area contributed by atoms with Crippen LogP contribution in [-0.4, -0.2) is 4.98 Å². The van der Waals surface area contributed by atoms with Gasteiger partial charge < -0.3 is 4.98 Å². The molecule has 0 atom stereocenters. The maximum atomic E-state index is 11.9. The first-order chi connectivity index (χ1) is 8.18. The molecule has 4 heteroatoms. The first-order valence-corrected chi connectivity index (χ1v) is 6.24. The van der Waals surface area contributed by atoms with Crippen LogP contribution in [0.1, 0.15) is 0 Å². The summed E-state index contributed by atoms with van der Waals surface area (Å²) in [6, 6.07) is 11.1. The summed E-state index contributed by atoms with van der Waals surface area (Å²) in [5, 5.41) is 3.02. The first kappa shape index (κ1) is 10.8. The van der Waals surface area contributed by atoms with Gasteiger partial charge in [-0.25, -0.2) is 0 Å². The zero-order chi connectivity index (χ0) is 12.0. The smallest absolute Gasteiger partial charge is 0.256 e. The number of H-pyrrole nitrogens is 1. The van der Waals surface area contributed by atoms with Crippen molar-refractivity contribution in [3.8, 4) is 0 Å². The van der Waals surface area contributed by atoms with Gasteiger partial charge in [-0.2, -0.15) is 0 Å². The molecule has 0 aliphatic carbocycles. The van der Waals surface area contributed by atoms with Gasteiger partial charge in [0.2, 0.25) is 0 Å². The van der Waals surface area contributed by atoms with Crippen LogP contribution >= 0.6 is 27.5 Å². The number of aromatic nitrogens is 1. The van der Waals surface area contributed by atoms with E-state index >= 15 is 0 Å². The molecule has 17 heavy (non-hydrogen) atoms. The van der Waals surface area contributed by atoms with E-state index in [0.29, 0.717) is 10.4 Å².